The molecule has 0 bridgehead atoms. The highest BCUT2D eigenvalue weighted by molar-refractivity contribution is 5.21. The van der Waals surface area contributed by atoms with Crippen molar-refractivity contribution in [2.45, 2.75) is 32.3 Å². The summed E-state index contributed by atoms with van der Waals surface area (Å²) in [5.41, 5.74) is 0.0482. The van der Waals surface area contributed by atoms with Crippen LogP contribution in [0.1, 0.15) is 37.9 Å². The fourth-order valence-corrected chi connectivity index (χ4v) is 2.49. The van der Waals surface area contributed by atoms with Crippen molar-refractivity contribution in [1.29, 1.82) is 0 Å². The molecule has 0 amide bonds. The summed E-state index contributed by atoms with van der Waals surface area (Å²) in [5, 5.41) is 10.1. The van der Waals surface area contributed by atoms with E-state index in [1.165, 1.54) is 31.4 Å². The molecule has 1 N–H and O–H groups in total. The molecule has 0 heterocycles. The van der Waals surface area contributed by atoms with Crippen molar-refractivity contribution in [2.75, 3.05) is 19.6 Å². The maximum atomic E-state index is 13.6. The monoisotopic (exact) mass is 269 g/mol. The van der Waals surface area contributed by atoms with Gasteiger partial charge in [-0.3, -0.25) is 0 Å². The molecule has 2 nitrogen and oxygen atoms in total. The first-order valence-electron chi connectivity index (χ1n) is 6.96. The van der Waals surface area contributed by atoms with E-state index in [0.29, 0.717) is 12.5 Å². The van der Waals surface area contributed by atoms with Gasteiger partial charge in [-0.05, 0) is 31.4 Å². The summed E-state index contributed by atoms with van der Waals surface area (Å²) in [7, 11) is 0. The Labute approximate surface area is 113 Å². The second-order valence-electron chi connectivity index (χ2n) is 5.31. The standard InChI is InChI=1S/C15H21F2NO/c1-2-18(9-11-5-3-6-11)10-14(19)12-7-4-8-13(16)15(12)17/h4,7-8,11,14,19H,2-3,5-6,9-10H2,1H3. The Kier molecular flexibility index (Phi) is 4.88. The summed E-state index contributed by atoms with van der Waals surface area (Å²) in [5.74, 6) is -1.14. The molecule has 1 aromatic carbocycles. The smallest absolute Gasteiger partial charge is 0.164 e. The zero-order valence-electron chi connectivity index (χ0n) is 11.3. The fraction of sp³-hybridized carbons (Fsp3) is 0.600. The van der Waals surface area contributed by atoms with Crippen molar-refractivity contribution < 1.29 is 13.9 Å². The minimum absolute atomic E-state index is 0.0482. The number of nitrogens with zero attached hydrogens (tertiary/aromatic N) is 1. The Morgan fingerprint density at radius 3 is 2.68 bits per heavy atom. The zero-order valence-corrected chi connectivity index (χ0v) is 11.3. The maximum Gasteiger partial charge on any atom is 0.164 e. The second-order valence-corrected chi connectivity index (χ2v) is 5.31. The molecule has 19 heavy (non-hydrogen) atoms. The largest absolute Gasteiger partial charge is 0.387 e. The van der Waals surface area contributed by atoms with Gasteiger partial charge < -0.3 is 10.0 Å². The SMILES string of the molecule is CCN(CC1CCC1)CC(O)c1cccc(F)c1F. The quantitative estimate of drug-likeness (QED) is 0.857. The molecule has 1 aromatic rings. The lowest BCUT2D eigenvalue weighted by Crippen LogP contribution is -2.35. The molecule has 1 atom stereocenters. The highest BCUT2D eigenvalue weighted by Gasteiger charge is 2.23. The van der Waals surface area contributed by atoms with Gasteiger partial charge in [0.05, 0.1) is 6.10 Å². The van der Waals surface area contributed by atoms with Crippen molar-refractivity contribution in [2.24, 2.45) is 5.92 Å². The van der Waals surface area contributed by atoms with Crippen LogP contribution in [-0.4, -0.2) is 29.6 Å². The summed E-state index contributed by atoms with van der Waals surface area (Å²) >= 11 is 0. The summed E-state index contributed by atoms with van der Waals surface area (Å²) < 4.78 is 26.7. The maximum absolute atomic E-state index is 13.6. The average Bonchev–Trinajstić information content (AvgIpc) is 2.35. The number of aliphatic hydroxyl groups is 1. The van der Waals surface area contributed by atoms with Crippen LogP contribution in [0.25, 0.3) is 0 Å². The van der Waals surface area contributed by atoms with Crippen molar-refractivity contribution >= 4 is 0 Å². The van der Waals surface area contributed by atoms with Gasteiger partial charge in [0.15, 0.2) is 11.6 Å². The van der Waals surface area contributed by atoms with Crippen molar-refractivity contribution in [3.63, 3.8) is 0 Å². The molecule has 1 saturated carbocycles. The zero-order chi connectivity index (χ0) is 13.8. The summed E-state index contributed by atoms with van der Waals surface area (Å²) in [6.45, 7) is 4.12. The van der Waals surface area contributed by atoms with E-state index in [-0.39, 0.29) is 5.56 Å². The van der Waals surface area contributed by atoms with Crippen LogP contribution in [0.4, 0.5) is 8.78 Å². The first-order chi connectivity index (χ1) is 9.11. The van der Waals surface area contributed by atoms with E-state index in [4.69, 9.17) is 0 Å². The number of hydrogen-bond acceptors (Lipinski definition) is 2. The first kappa shape index (κ1) is 14.4. The molecule has 0 radical (unpaired) electrons. The summed E-state index contributed by atoms with van der Waals surface area (Å²) in [6.07, 6.45) is 2.78. The van der Waals surface area contributed by atoms with Gasteiger partial charge in [-0.2, -0.15) is 0 Å². The third kappa shape index (κ3) is 3.51. The van der Waals surface area contributed by atoms with E-state index >= 15 is 0 Å². The van der Waals surface area contributed by atoms with Crippen LogP contribution >= 0.6 is 0 Å². The molecule has 1 aliphatic rings. The Morgan fingerprint density at radius 1 is 1.37 bits per heavy atom. The van der Waals surface area contributed by atoms with E-state index in [0.717, 1.165) is 19.2 Å². The lowest BCUT2D eigenvalue weighted by Gasteiger charge is -2.32. The van der Waals surface area contributed by atoms with Crippen LogP contribution in [0.3, 0.4) is 0 Å². The number of hydrogen-bond donors (Lipinski definition) is 1. The van der Waals surface area contributed by atoms with E-state index in [1.54, 1.807) is 0 Å². The minimum atomic E-state index is -0.976. The van der Waals surface area contributed by atoms with E-state index < -0.39 is 17.7 Å². The molecule has 0 spiro atoms. The molecule has 1 unspecified atom stereocenters. The Morgan fingerprint density at radius 2 is 2.11 bits per heavy atom. The van der Waals surface area contributed by atoms with E-state index in [9.17, 15) is 13.9 Å². The van der Waals surface area contributed by atoms with Crippen molar-refractivity contribution in [3.8, 4) is 0 Å². The molecule has 2 rings (SSSR count). The van der Waals surface area contributed by atoms with Crippen LogP contribution in [0.5, 0.6) is 0 Å². The van der Waals surface area contributed by atoms with E-state index in [2.05, 4.69) is 4.90 Å². The molecule has 4 heteroatoms. The minimum Gasteiger partial charge on any atom is -0.387 e. The molecule has 106 valence electrons. The molecule has 1 fully saturated rings. The van der Waals surface area contributed by atoms with Gasteiger partial charge in [-0.25, -0.2) is 8.78 Å². The number of benzene rings is 1. The fourth-order valence-electron chi connectivity index (χ4n) is 2.49. The Balaban J connectivity index is 1.97. The Bertz CT molecular complexity index is 421. The summed E-state index contributed by atoms with van der Waals surface area (Å²) in [6, 6.07) is 3.94. The lowest BCUT2D eigenvalue weighted by molar-refractivity contribution is 0.0913. The topological polar surface area (TPSA) is 23.5 Å². The molecule has 0 saturated heterocycles. The molecule has 0 aliphatic heterocycles. The molecular weight excluding hydrogens is 248 g/mol. The molecular formula is C15H21F2NO. The van der Waals surface area contributed by atoms with Gasteiger partial charge >= 0.3 is 0 Å². The third-order valence-corrected chi connectivity index (χ3v) is 3.96. The van der Waals surface area contributed by atoms with Crippen molar-refractivity contribution in [1.82, 2.24) is 4.90 Å². The van der Waals surface area contributed by atoms with Crippen LogP contribution in [0.15, 0.2) is 18.2 Å². The van der Waals surface area contributed by atoms with Crippen LogP contribution < -0.4 is 0 Å². The first-order valence-corrected chi connectivity index (χ1v) is 6.96. The van der Waals surface area contributed by atoms with Gasteiger partial charge in [-0.1, -0.05) is 25.5 Å². The van der Waals surface area contributed by atoms with Gasteiger partial charge in [0.2, 0.25) is 0 Å². The van der Waals surface area contributed by atoms with Crippen LogP contribution in [0.2, 0.25) is 0 Å². The average molecular weight is 269 g/mol. The molecule has 0 aromatic heterocycles. The Hall–Kier alpha value is -1.00. The predicted molar refractivity (Wildman–Crippen MR) is 70.8 cm³/mol. The van der Waals surface area contributed by atoms with Crippen LogP contribution in [-0.2, 0) is 0 Å². The number of rotatable bonds is 6. The predicted octanol–water partition coefficient (Wildman–Crippen LogP) is 3.12. The highest BCUT2D eigenvalue weighted by Crippen LogP contribution is 2.28. The number of aliphatic hydroxyl groups excluding tert-OH is 1. The number of halogens is 2. The van der Waals surface area contributed by atoms with Gasteiger partial charge in [0.25, 0.3) is 0 Å². The molecule has 1 aliphatic carbocycles. The normalized spacial score (nSPS) is 17.5. The second kappa shape index (κ2) is 6.44. The van der Waals surface area contributed by atoms with Gasteiger partial charge in [0.1, 0.15) is 0 Å². The third-order valence-electron chi connectivity index (χ3n) is 3.96. The van der Waals surface area contributed by atoms with Gasteiger partial charge in [-0.15, -0.1) is 0 Å². The van der Waals surface area contributed by atoms with E-state index in [1.807, 2.05) is 6.92 Å². The number of likely N-dealkylation sites (N-methyl/N-ethyl adjacent to an activating group) is 1. The van der Waals surface area contributed by atoms with Gasteiger partial charge in [0, 0.05) is 18.7 Å². The van der Waals surface area contributed by atoms with Crippen molar-refractivity contribution in [3.05, 3.63) is 35.4 Å². The lowest BCUT2D eigenvalue weighted by atomic mass is 9.85. The summed E-state index contributed by atoms with van der Waals surface area (Å²) in [4.78, 5) is 2.11. The van der Waals surface area contributed by atoms with Crippen LogP contribution in [0, 0.1) is 17.6 Å². The highest BCUT2D eigenvalue weighted by atomic mass is 19.2.